The van der Waals surface area contributed by atoms with Crippen molar-refractivity contribution >= 4 is 0 Å². The van der Waals surface area contributed by atoms with E-state index in [1.807, 2.05) is 0 Å². The molecule has 1 rings (SSSR count). The molecule has 0 bridgehead atoms. The van der Waals surface area contributed by atoms with E-state index in [-0.39, 0.29) is 0 Å². The normalized spacial score (nSPS) is 31.6. The molecule has 2 nitrogen and oxygen atoms in total. The van der Waals surface area contributed by atoms with Crippen LogP contribution in [0.3, 0.4) is 0 Å². The molecule has 0 aromatic carbocycles. The topological polar surface area (TPSA) is 15.3 Å². The van der Waals surface area contributed by atoms with Crippen LogP contribution in [0.2, 0.25) is 0 Å². The van der Waals surface area contributed by atoms with Crippen LogP contribution >= 0.6 is 0 Å². The third kappa shape index (κ3) is 2.75. The number of nitrogens with one attached hydrogen (secondary N) is 1. The monoisotopic (exact) mass is 160 g/mol. The van der Waals surface area contributed by atoms with Gasteiger partial charge in [0.05, 0.1) is 0 Å². The standard InChI is InChI=1S/C8H17FN2/c1-3-11(2)6-8-4-7(9)5-10-8/h7-8,10H,3-6H2,1-2H3. The minimum absolute atomic E-state index is 0.370. The van der Waals surface area contributed by atoms with Crippen LogP contribution in [-0.4, -0.2) is 43.8 Å². The first kappa shape index (κ1) is 8.94. The molecule has 1 aliphatic heterocycles. The Balaban J connectivity index is 2.17. The highest BCUT2D eigenvalue weighted by molar-refractivity contribution is 4.82. The summed E-state index contributed by atoms with van der Waals surface area (Å²) in [7, 11) is 2.06. The molecule has 0 aliphatic carbocycles. The van der Waals surface area contributed by atoms with Crippen LogP contribution in [0.15, 0.2) is 0 Å². The number of alkyl halides is 1. The lowest BCUT2D eigenvalue weighted by atomic mass is 10.2. The summed E-state index contributed by atoms with van der Waals surface area (Å²) in [6, 6.07) is 0.370. The van der Waals surface area contributed by atoms with Gasteiger partial charge in [0.1, 0.15) is 6.17 Å². The highest BCUT2D eigenvalue weighted by Gasteiger charge is 2.23. The van der Waals surface area contributed by atoms with E-state index >= 15 is 0 Å². The first-order valence-electron chi connectivity index (χ1n) is 4.28. The Kier molecular flexibility index (Phi) is 3.27. The number of rotatable bonds is 3. The summed E-state index contributed by atoms with van der Waals surface area (Å²) >= 11 is 0. The fraction of sp³-hybridized carbons (Fsp3) is 1.00. The van der Waals surface area contributed by atoms with Gasteiger partial charge in [-0.15, -0.1) is 0 Å². The van der Waals surface area contributed by atoms with E-state index in [0.717, 1.165) is 13.1 Å². The van der Waals surface area contributed by atoms with Crippen molar-refractivity contribution in [1.82, 2.24) is 10.2 Å². The Bertz CT molecular complexity index is 119. The van der Waals surface area contributed by atoms with Crippen molar-refractivity contribution in [2.45, 2.75) is 25.6 Å². The molecule has 2 atom stereocenters. The van der Waals surface area contributed by atoms with Gasteiger partial charge in [0.15, 0.2) is 0 Å². The Hall–Kier alpha value is -0.150. The van der Waals surface area contributed by atoms with Crippen LogP contribution < -0.4 is 5.32 Å². The average molecular weight is 160 g/mol. The summed E-state index contributed by atoms with van der Waals surface area (Å²) in [4.78, 5) is 2.20. The molecule has 0 aromatic heterocycles. The summed E-state index contributed by atoms with van der Waals surface area (Å²) in [6.07, 6.45) is 0.0647. The Labute approximate surface area is 67.8 Å². The maximum atomic E-state index is 12.6. The van der Waals surface area contributed by atoms with Gasteiger partial charge in [-0.2, -0.15) is 0 Å². The van der Waals surface area contributed by atoms with Crippen LogP contribution in [0.5, 0.6) is 0 Å². The van der Waals surface area contributed by atoms with Gasteiger partial charge < -0.3 is 10.2 Å². The van der Waals surface area contributed by atoms with Crippen molar-refractivity contribution < 1.29 is 4.39 Å². The van der Waals surface area contributed by atoms with Crippen molar-refractivity contribution in [1.29, 1.82) is 0 Å². The van der Waals surface area contributed by atoms with E-state index in [1.54, 1.807) is 0 Å². The third-order valence-corrected chi connectivity index (χ3v) is 2.24. The summed E-state index contributed by atoms with van der Waals surface area (Å²) in [5.41, 5.74) is 0. The summed E-state index contributed by atoms with van der Waals surface area (Å²) in [6.45, 7) is 4.66. The van der Waals surface area contributed by atoms with Gasteiger partial charge >= 0.3 is 0 Å². The summed E-state index contributed by atoms with van der Waals surface area (Å²) < 4.78 is 12.6. The SMILES string of the molecule is CCN(C)CC1CC(F)CN1. The molecule has 1 saturated heterocycles. The zero-order valence-electron chi connectivity index (χ0n) is 7.31. The number of halogens is 1. The van der Waals surface area contributed by atoms with Crippen molar-refractivity contribution in [3.8, 4) is 0 Å². The predicted octanol–water partition coefficient (Wildman–Crippen LogP) is 0.638. The molecular weight excluding hydrogens is 143 g/mol. The van der Waals surface area contributed by atoms with Crippen LogP contribution in [0, 0.1) is 0 Å². The third-order valence-electron chi connectivity index (χ3n) is 2.24. The number of hydrogen-bond acceptors (Lipinski definition) is 2. The van der Waals surface area contributed by atoms with Crippen LogP contribution in [0.25, 0.3) is 0 Å². The molecule has 0 saturated carbocycles. The largest absolute Gasteiger partial charge is 0.310 e. The fourth-order valence-corrected chi connectivity index (χ4v) is 1.41. The molecule has 11 heavy (non-hydrogen) atoms. The summed E-state index contributed by atoms with van der Waals surface area (Å²) in [5, 5.41) is 3.15. The van der Waals surface area contributed by atoms with Crippen LogP contribution in [0.1, 0.15) is 13.3 Å². The second-order valence-corrected chi connectivity index (χ2v) is 3.29. The molecular formula is C8H17FN2. The van der Waals surface area contributed by atoms with Crippen molar-refractivity contribution in [2.75, 3.05) is 26.7 Å². The molecule has 1 N–H and O–H groups in total. The first-order chi connectivity index (χ1) is 5.22. The maximum Gasteiger partial charge on any atom is 0.114 e. The van der Waals surface area contributed by atoms with Gasteiger partial charge in [-0.05, 0) is 20.0 Å². The Morgan fingerprint density at radius 2 is 2.36 bits per heavy atom. The molecule has 0 spiro atoms. The number of likely N-dealkylation sites (N-methyl/N-ethyl adjacent to an activating group) is 1. The number of nitrogens with zero attached hydrogens (tertiary/aromatic N) is 1. The van der Waals surface area contributed by atoms with Gasteiger partial charge in [-0.3, -0.25) is 0 Å². The fourth-order valence-electron chi connectivity index (χ4n) is 1.41. The molecule has 0 aromatic rings. The van der Waals surface area contributed by atoms with Crippen molar-refractivity contribution in [3.05, 3.63) is 0 Å². The minimum Gasteiger partial charge on any atom is -0.310 e. The molecule has 1 fully saturated rings. The molecule has 1 aliphatic rings. The highest BCUT2D eigenvalue weighted by Crippen LogP contribution is 2.10. The van der Waals surface area contributed by atoms with Gasteiger partial charge in [0.2, 0.25) is 0 Å². The van der Waals surface area contributed by atoms with Gasteiger partial charge in [0, 0.05) is 19.1 Å². The lowest BCUT2D eigenvalue weighted by molar-refractivity contribution is 0.301. The van der Waals surface area contributed by atoms with Gasteiger partial charge in [0.25, 0.3) is 0 Å². The second kappa shape index (κ2) is 4.02. The minimum atomic E-state index is -0.620. The Morgan fingerprint density at radius 1 is 1.64 bits per heavy atom. The zero-order valence-corrected chi connectivity index (χ0v) is 7.31. The quantitative estimate of drug-likeness (QED) is 0.651. The van der Waals surface area contributed by atoms with E-state index < -0.39 is 6.17 Å². The van der Waals surface area contributed by atoms with E-state index in [9.17, 15) is 4.39 Å². The first-order valence-corrected chi connectivity index (χ1v) is 4.28. The molecule has 3 heteroatoms. The smallest absolute Gasteiger partial charge is 0.114 e. The Morgan fingerprint density at radius 3 is 2.82 bits per heavy atom. The molecule has 2 unspecified atom stereocenters. The van der Waals surface area contributed by atoms with Crippen molar-refractivity contribution in [3.63, 3.8) is 0 Å². The second-order valence-electron chi connectivity index (χ2n) is 3.29. The van der Waals surface area contributed by atoms with Crippen molar-refractivity contribution in [2.24, 2.45) is 0 Å². The van der Waals surface area contributed by atoms with E-state index in [4.69, 9.17) is 0 Å². The van der Waals surface area contributed by atoms with E-state index in [0.29, 0.717) is 19.0 Å². The van der Waals surface area contributed by atoms with Gasteiger partial charge in [-0.25, -0.2) is 4.39 Å². The zero-order chi connectivity index (χ0) is 8.27. The molecule has 0 amide bonds. The molecule has 1 heterocycles. The lowest BCUT2D eigenvalue weighted by Gasteiger charge is -2.18. The molecule has 66 valence electrons. The van der Waals surface area contributed by atoms with E-state index in [2.05, 4.69) is 24.2 Å². The maximum absolute atomic E-state index is 12.6. The van der Waals surface area contributed by atoms with Crippen LogP contribution in [0.4, 0.5) is 4.39 Å². The van der Waals surface area contributed by atoms with E-state index in [1.165, 1.54) is 0 Å². The highest BCUT2D eigenvalue weighted by atomic mass is 19.1. The predicted molar refractivity (Wildman–Crippen MR) is 44.5 cm³/mol. The van der Waals surface area contributed by atoms with Gasteiger partial charge in [-0.1, -0.05) is 6.92 Å². The number of hydrogen-bond donors (Lipinski definition) is 1. The average Bonchev–Trinajstić information content (AvgIpc) is 2.35. The molecule has 0 radical (unpaired) electrons. The van der Waals surface area contributed by atoms with Crippen LogP contribution in [-0.2, 0) is 0 Å². The lowest BCUT2D eigenvalue weighted by Crippen LogP contribution is -2.35. The summed E-state index contributed by atoms with van der Waals surface area (Å²) in [5.74, 6) is 0.